The Bertz CT molecular complexity index is 798. The highest BCUT2D eigenvalue weighted by Gasteiger charge is 2.22. The number of likely N-dealkylation sites (tertiary alicyclic amines) is 1. The molecule has 150 valence electrons. The molecule has 0 radical (unpaired) electrons. The molecule has 1 saturated heterocycles. The van der Waals surface area contributed by atoms with E-state index >= 15 is 0 Å². The lowest BCUT2D eigenvalue weighted by molar-refractivity contribution is -0.129. The fourth-order valence-electron chi connectivity index (χ4n) is 3.34. The quantitative estimate of drug-likeness (QED) is 0.513. The second-order valence-corrected chi connectivity index (χ2v) is 6.97. The monoisotopic (exact) mass is 387 g/mol. The number of amides is 3. The van der Waals surface area contributed by atoms with Crippen molar-refractivity contribution >= 4 is 17.6 Å². The average Bonchev–Trinajstić information content (AvgIpc) is 3.15. The molecular weight excluding hydrogens is 362 g/mol. The van der Waals surface area contributed by atoms with Gasteiger partial charge >= 0.3 is 6.03 Å². The SMILES string of the molecule is Cn1nnc(-c2ccc(NC(=O)N3CCC(CCCC(=O)NO)CC3)cc2)n1. The number of carbonyl (C=O) groups excluding carboxylic acids is 2. The molecule has 28 heavy (non-hydrogen) atoms. The van der Waals surface area contributed by atoms with Crippen molar-refractivity contribution in [2.45, 2.75) is 32.1 Å². The molecule has 0 bridgehead atoms. The average molecular weight is 387 g/mol. The van der Waals surface area contributed by atoms with Crippen LogP contribution in [0.2, 0.25) is 0 Å². The Balaban J connectivity index is 1.43. The normalized spacial score (nSPS) is 14.7. The number of anilines is 1. The fourth-order valence-corrected chi connectivity index (χ4v) is 3.34. The van der Waals surface area contributed by atoms with Crippen molar-refractivity contribution in [2.24, 2.45) is 13.0 Å². The van der Waals surface area contributed by atoms with E-state index in [-0.39, 0.29) is 11.9 Å². The van der Waals surface area contributed by atoms with Crippen LogP contribution in [-0.4, -0.2) is 55.3 Å². The molecule has 1 aromatic carbocycles. The van der Waals surface area contributed by atoms with Gasteiger partial charge in [-0.1, -0.05) is 0 Å². The first kappa shape index (κ1) is 19.7. The zero-order chi connectivity index (χ0) is 19.9. The molecule has 0 atom stereocenters. The van der Waals surface area contributed by atoms with Gasteiger partial charge in [-0.05, 0) is 61.1 Å². The van der Waals surface area contributed by atoms with Crippen LogP contribution in [0.15, 0.2) is 24.3 Å². The Hall–Kier alpha value is -3.01. The minimum absolute atomic E-state index is 0.108. The summed E-state index contributed by atoms with van der Waals surface area (Å²) in [6.07, 6.45) is 3.85. The molecule has 2 heterocycles. The predicted molar refractivity (Wildman–Crippen MR) is 101 cm³/mol. The Morgan fingerprint density at radius 3 is 2.54 bits per heavy atom. The van der Waals surface area contributed by atoms with Crippen molar-refractivity contribution in [3.05, 3.63) is 24.3 Å². The molecule has 3 N–H and O–H groups in total. The van der Waals surface area contributed by atoms with E-state index in [0.29, 0.717) is 31.3 Å². The lowest BCUT2D eigenvalue weighted by atomic mass is 9.91. The minimum atomic E-state index is -0.349. The summed E-state index contributed by atoms with van der Waals surface area (Å²) in [4.78, 5) is 26.7. The van der Waals surface area contributed by atoms with E-state index in [1.807, 2.05) is 29.2 Å². The molecule has 1 aliphatic heterocycles. The molecule has 0 aliphatic carbocycles. The molecule has 0 spiro atoms. The van der Waals surface area contributed by atoms with Crippen LogP contribution in [-0.2, 0) is 11.8 Å². The number of rotatable bonds is 6. The summed E-state index contributed by atoms with van der Waals surface area (Å²) in [5.41, 5.74) is 3.20. The topological polar surface area (TPSA) is 125 Å². The van der Waals surface area contributed by atoms with Crippen molar-refractivity contribution in [1.29, 1.82) is 0 Å². The van der Waals surface area contributed by atoms with E-state index in [4.69, 9.17) is 5.21 Å². The van der Waals surface area contributed by atoms with Crippen molar-refractivity contribution in [1.82, 2.24) is 30.6 Å². The van der Waals surface area contributed by atoms with Gasteiger partial charge in [-0.15, -0.1) is 10.2 Å². The van der Waals surface area contributed by atoms with Gasteiger partial charge in [0.25, 0.3) is 0 Å². The highest BCUT2D eigenvalue weighted by molar-refractivity contribution is 5.89. The summed E-state index contributed by atoms with van der Waals surface area (Å²) in [5, 5.41) is 23.4. The lowest BCUT2D eigenvalue weighted by Gasteiger charge is -2.32. The van der Waals surface area contributed by atoms with Crippen LogP contribution in [0.3, 0.4) is 0 Å². The van der Waals surface area contributed by atoms with E-state index in [1.165, 1.54) is 4.80 Å². The number of urea groups is 1. The highest BCUT2D eigenvalue weighted by Crippen LogP contribution is 2.23. The molecule has 10 heteroatoms. The van der Waals surface area contributed by atoms with Crippen LogP contribution in [0.1, 0.15) is 32.1 Å². The van der Waals surface area contributed by atoms with Gasteiger partial charge in [0.1, 0.15) is 0 Å². The minimum Gasteiger partial charge on any atom is -0.325 e. The van der Waals surface area contributed by atoms with Gasteiger partial charge in [-0.25, -0.2) is 10.3 Å². The summed E-state index contributed by atoms with van der Waals surface area (Å²) >= 11 is 0. The number of hydrogen-bond donors (Lipinski definition) is 3. The molecule has 1 aliphatic rings. The first-order valence-corrected chi connectivity index (χ1v) is 9.38. The summed E-state index contributed by atoms with van der Waals surface area (Å²) in [6.45, 7) is 1.40. The second kappa shape index (κ2) is 9.27. The van der Waals surface area contributed by atoms with Gasteiger partial charge in [0.2, 0.25) is 11.7 Å². The summed E-state index contributed by atoms with van der Waals surface area (Å²) in [7, 11) is 1.71. The van der Waals surface area contributed by atoms with Gasteiger partial charge in [0.05, 0.1) is 7.05 Å². The van der Waals surface area contributed by atoms with E-state index in [0.717, 1.165) is 36.9 Å². The first-order chi connectivity index (χ1) is 13.5. The van der Waals surface area contributed by atoms with Gasteiger partial charge in [0, 0.05) is 30.8 Å². The number of aromatic nitrogens is 4. The van der Waals surface area contributed by atoms with Gasteiger partial charge in [0.15, 0.2) is 0 Å². The van der Waals surface area contributed by atoms with E-state index in [1.54, 1.807) is 12.5 Å². The predicted octanol–water partition coefficient (Wildman–Crippen LogP) is 1.80. The molecule has 10 nitrogen and oxygen atoms in total. The van der Waals surface area contributed by atoms with Crippen molar-refractivity contribution < 1.29 is 14.8 Å². The Morgan fingerprint density at radius 1 is 1.21 bits per heavy atom. The first-order valence-electron chi connectivity index (χ1n) is 9.38. The number of aryl methyl sites for hydroxylation is 1. The number of benzene rings is 1. The Labute approximate surface area is 162 Å². The molecule has 1 aromatic heterocycles. The number of nitrogens with one attached hydrogen (secondary N) is 2. The van der Waals surface area contributed by atoms with E-state index in [9.17, 15) is 9.59 Å². The van der Waals surface area contributed by atoms with Crippen molar-refractivity contribution in [2.75, 3.05) is 18.4 Å². The van der Waals surface area contributed by atoms with Gasteiger partial charge in [-0.2, -0.15) is 4.80 Å². The van der Waals surface area contributed by atoms with Gasteiger partial charge < -0.3 is 10.2 Å². The van der Waals surface area contributed by atoms with Crippen LogP contribution >= 0.6 is 0 Å². The summed E-state index contributed by atoms with van der Waals surface area (Å²) in [6, 6.07) is 7.23. The van der Waals surface area contributed by atoms with Gasteiger partial charge in [-0.3, -0.25) is 10.0 Å². The lowest BCUT2D eigenvalue weighted by Crippen LogP contribution is -2.41. The maximum Gasteiger partial charge on any atom is 0.321 e. The third-order valence-corrected chi connectivity index (χ3v) is 4.95. The Morgan fingerprint density at radius 2 is 1.93 bits per heavy atom. The van der Waals surface area contributed by atoms with Crippen LogP contribution in [0.25, 0.3) is 11.4 Å². The standard InChI is InChI=1S/C18H25N7O3/c1-24-21-17(20-23-24)14-5-7-15(8-6-14)19-18(27)25-11-9-13(10-12-25)3-2-4-16(26)22-28/h5-8,13,28H,2-4,9-12H2,1H3,(H,19,27)(H,22,26). The highest BCUT2D eigenvalue weighted by atomic mass is 16.5. The molecule has 1 fully saturated rings. The summed E-state index contributed by atoms with van der Waals surface area (Å²) in [5.74, 6) is 0.700. The number of carbonyl (C=O) groups is 2. The number of nitrogens with zero attached hydrogens (tertiary/aromatic N) is 5. The number of tetrazole rings is 1. The Kier molecular flexibility index (Phi) is 6.53. The van der Waals surface area contributed by atoms with Crippen LogP contribution < -0.4 is 10.8 Å². The maximum atomic E-state index is 12.5. The molecule has 0 saturated carbocycles. The molecule has 2 aromatic rings. The summed E-state index contributed by atoms with van der Waals surface area (Å²) < 4.78 is 0. The maximum absolute atomic E-state index is 12.5. The largest absolute Gasteiger partial charge is 0.325 e. The molecule has 3 rings (SSSR count). The van der Waals surface area contributed by atoms with Crippen LogP contribution in [0.5, 0.6) is 0 Å². The fraction of sp³-hybridized carbons (Fsp3) is 0.500. The molecule has 0 unspecified atom stereocenters. The smallest absolute Gasteiger partial charge is 0.321 e. The number of hydrogen-bond acceptors (Lipinski definition) is 6. The number of piperidine rings is 1. The third kappa shape index (κ3) is 5.26. The van der Waals surface area contributed by atoms with Crippen LogP contribution in [0, 0.1) is 5.92 Å². The van der Waals surface area contributed by atoms with E-state index in [2.05, 4.69) is 20.7 Å². The molecular formula is C18H25N7O3. The third-order valence-electron chi connectivity index (χ3n) is 4.95. The zero-order valence-electron chi connectivity index (χ0n) is 15.8. The second-order valence-electron chi connectivity index (χ2n) is 6.97. The van der Waals surface area contributed by atoms with E-state index < -0.39 is 0 Å². The molecule has 3 amide bonds. The van der Waals surface area contributed by atoms with Crippen molar-refractivity contribution in [3.8, 4) is 11.4 Å². The van der Waals surface area contributed by atoms with Crippen molar-refractivity contribution in [3.63, 3.8) is 0 Å². The zero-order valence-corrected chi connectivity index (χ0v) is 15.8. The van der Waals surface area contributed by atoms with Crippen LogP contribution in [0.4, 0.5) is 10.5 Å². The number of hydroxylamine groups is 1.